The SMILES string of the molecule is Cc1ccc2c(c1)C(=O)N(CCCC(=O)Nc1c(C)cnn1Cc1cc(F)ccc1F)C2=O. The second-order valence-corrected chi connectivity index (χ2v) is 8.03. The van der Waals surface area contributed by atoms with E-state index in [0.717, 1.165) is 28.7 Å². The van der Waals surface area contributed by atoms with Gasteiger partial charge >= 0.3 is 0 Å². The minimum Gasteiger partial charge on any atom is -0.311 e. The molecule has 0 aliphatic carbocycles. The number of hydrogen-bond donors (Lipinski definition) is 1. The standard InChI is InChI=1S/C24H22F2N4O3/c1-14-5-7-18-19(10-14)24(33)29(23(18)32)9-3-4-21(31)28-22-15(2)12-27-30(22)13-16-11-17(25)6-8-20(16)26/h5-8,10-12H,3-4,9,13H2,1-2H3,(H,28,31). The van der Waals surface area contributed by atoms with E-state index >= 15 is 0 Å². The molecule has 0 atom stereocenters. The van der Waals surface area contributed by atoms with Crippen molar-refractivity contribution in [3.05, 3.63) is 82.0 Å². The summed E-state index contributed by atoms with van der Waals surface area (Å²) in [5, 5.41) is 6.89. The number of carbonyl (C=O) groups excluding carboxylic acids is 3. The summed E-state index contributed by atoms with van der Waals surface area (Å²) in [6.07, 6.45) is 1.86. The summed E-state index contributed by atoms with van der Waals surface area (Å²) >= 11 is 0. The number of amides is 3. The topological polar surface area (TPSA) is 84.3 Å². The van der Waals surface area contributed by atoms with Crippen LogP contribution in [0, 0.1) is 25.5 Å². The first-order valence-corrected chi connectivity index (χ1v) is 10.5. The van der Waals surface area contributed by atoms with Gasteiger partial charge in [-0.3, -0.25) is 19.3 Å². The molecule has 0 saturated heterocycles. The highest BCUT2D eigenvalue weighted by Crippen LogP contribution is 2.24. The number of imide groups is 1. The summed E-state index contributed by atoms with van der Waals surface area (Å²) in [5.41, 5.74) is 2.42. The number of anilines is 1. The molecular formula is C24H22F2N4O3. The van der Waals surface area contributed by atoms with Crippen molar-refractivity contribution in [2.24, 2.45) is 0 Å². The van der Waals surface area contributed by atoms with Crippen LogP contribution in [0.5, 0.6) is 0 Å². The van der Waals surface area contributed by atoms with Gasteiger partial charge in [0.2, 0.25) is 5.91 Å². The van der Waals surface area contributed by atoms with E-state index in [-0.39, 0.29) is 49.2 Å². The van der Waals surface area contributed by atoms with Crippen LogP contribution in [0.25, 0.3) is 0 Å². The molecule has 33 heavy (non-hydrogen) atoms. The van der Waals surface area contributed by atoms with Gasteiger partial charge in [0.1, 0.15) is 17.5 Å². The highest BCUT2D eigenvalue weighted by molar-refractivity contribution is 6.21. The Morgan fingerprint density at radius 1 is 1.03 bits per heavy atom. The lowest BCUT2D eigenvalue weighted by atomic mass is 10.1. The van der Waals surface area contributed by atoms with Crippen molar-refractivity contribution in [1.82, 2.24) is 14.7 Å². The molecule has 1 aliphatic heterocycles. The molecule has 0 saturated carbocycles. The van der Waals surface area contributed by atoms with Crippen LogP contribution in [0.2, 0.25) is 0 Å². The Bertz CT molecular complexity index is 1270. The fourth-order valence-corrected chi connectivity index (χ4v) is 3.79. The lowest BCUT2D eigenvalue weighted by Crippen LogP contribution is -2.31. The fourth-order valence-electron chi connectivity index (χ4n) is 3.79. The summed E-state index contributed by atoms with van der Waals surface area (Å²) in [4.78, 5) is 38.7. The highest BCUT2D eigenvalue weighted by Gasteiger charge is 2.35. The maximum absolute atomic E-state index is 14.0. The third-order valence-corrected chi connectivity index (χ3v) is 5.52. The molecule has 2 aromatic carbocycles. The molecular weight excluding hydrogens is 430 g/mol. The molecule has 0 radical (unpaired) electrons. The van der Waals surface area contributed by atoms with Crippen LogP contribution in [0.1, 0.15) is 50.2 Å². The van der Waals surface area contributed by atoms with E-state index < -0.39 is 11.6 Å². The van der Waals surface area contributed by atoms with Gasteiger partial charge in [-0.1, -0.05) is 11.6 Å². The molecule has 3 amide bonds. The van der Waals surface area contributed by atoms with Gasteiger partial charge in [-0.2, -0.15) is 5.10 Å². The summed E-state index contributed by atoms with van der Waals surface area (Å²) in [5.74, 6) is -1.82. The van der Waals surface area contributed by atoms with Crippen LogP contribution in [0.4, 0.5) is 14.6 Å². The monoisotopic (exact) mass is 452 g/mol. The first kappa shape index (κ1) is 22.3. The zero-order valence-corrected chi connectivity index (χ0v) is 18.2. The summed E-state index contributed by atoms with van der Waals surface area (Å²) in [6.45, 7) is 3.65. The maximum Gasteiger partial charge on any atom is 0.261 e. The Labute approximate surface area is 189 Å². The van der Waals surface area contributed by atoms with E-state index in [1.54, 1.807) is 25.1 Å². The van der Waals surface area contributed by atoms with E-state index in [4.69, 9.17) is 0 Å². The predicted molar refractivity (Wildman–Crippen MR) is 117 cm³/mol. The number of carbonyl (C=O) groups is 3. The Morgan fingerprint density at radius 3 is 2.58 bits per heavy atom. The summed E-state index contributed by atoms with van der Waals surface area (Å²) in [6, 6.07) is 8.27. The molecule has 0 bridgehead atoms. The van der Waals surface area contributed by atoms with Crippen LogP contribution in [0.15, 0.2) is 42.6 Å². The third-order valence-electron chi connectivity index (χ3n) is 5.52. The van der Waals surface area contributed by atoms with Crippen LogP contribution in [-0.2, 0) is 11.3 Å². The van der Waals surface area contributed by atoms with Crippen LogP contribution < -0.4 is 5.32 Å². The number of benzene rings is 2. The maximum atomic E-state index is 14.0. The molecule has 2 heterocycles. The molecule has 1 aromatic heterocycles. The van der Waals surface area contributed by atoms with Crippen molar-refractivity contribution in [2.75, 3.05) is 11.9 Å². The van der Waals surface area contributed by atoms with Gasteiger partial charge in [-0.25, -0.2) is 13.5 Å². The Kier molecular flexibility index (Phi) is 6.04. The first-order valence-electron chi connectivity index (χ1n) is 10.5. The number of fused-ring (bicyclic) bond motifs is 1. The van der Waals surface area contributed by atoms with E-state index in [9.17, 15) is 23.2 Å². The van der Waals surface area contributed by atoms with Gasteiger partial charge in [-0.15, -0.1) is 0 Å². The number of hydrogen-bond acceptors (Lipinski definition) is 4. The molecule has 7 nitrogen and oxygen atoms in total. The normalized spacial score (nSPS) is 12.9. The third kappa shape index (κ3) is 4.52. The molecule has 170 valence electrons. The number of aryl methyl sites for hydroxylation is 2. The number of rotatable bonds is 7. The first-order chi connectivity index (χ1) is 15.7. The predicted octanol–water partition coefficient (Wildman–Crippen LogP) is 3.84. The zero-order valence-electron chi connectivity index (χ0n) is 18.2. The average molecular weight is 452 g/mol. The van der Waals surface area contributed by atoms with E-state index in [2.05, 4.69) is 10.4 Å². The number of aromatic nitrogens is 2. The van der Waals surface area contributed by atoms with E-state index in [1.165, 1.54) is 10.9 Å². The van der Waals surface area contributed by atoms with E-state index in [0.29, 0.717) is 22.5 Å². The van der Waals surface area contributed by atoms with Crippen molar-refractivity contribution in [2.45, 2.75) is 33.2 Å². The highest BCUT2D eigenvalue weighted by atomic mass is 19.1. The zero-order chi connectivity index (χ0) is 23.7. The molecule has 0 unspecified atom stereocenters. The Hall–Kier alpha value is -3.88. The molecule has 1 aliphatic rings. The molecule has 3 aromatic rings. The Balaban J connectivity index is 1.37. The molecule has 0 fully saturated rings. The number of nitrogens with zero attached hydrogens (tertiary/aromatic N) is 3. The second-order valence-electron chi connectivity index (χ2n) is 8.03. The molecule has 4 rings (SSSR count). The van der Waals surface area contributed by atoms with Gasteiger partial charge < -0.3 is 5.32 Å². The van der Waals surface area contributed by atoms with Gasteiger partial charge in [0.15, 0.2) is 0 Å². The largest absolute Gasteiger partial charge is 0.311 e. The Morgan fingerprint density at radius 2 is 1.79 bits per heavy atom. The summed E-state index contributed by atoms with van der Waals surface area (Å²) < 4.78 is 28.9. The lowest BCUT2D eigenvalue weighted by Gasteiger charge is -2.14. The second kappa shape index (κ2) is 8.93. The van der Waals surface area contributed by atoms with Crippen molar-refractivity contribution < 1.29 is 23.2 Å². The van der Waals surface area contributed by atoms with Crippen LogP contribution in [-0.4, -0.2) is 38.9 Å². The molecule has 1 N–H and O–H groups in total. The summed E-state index contributed by atoms with van der Waals surface area (Å²) in [7, 11) is 0. The minimum atomic E-state index is -0.571. The number of nitrogens with one attached hydrogen (secondary N) is 1. The minimum absolute atomic E-state index is 0.0541. The van der Waals surface area contributed by atoms with Crippen molar-refractivity contribution in [3.8, 4) is 0 Å². The fraction of sp³-hybridized carbons (Fsp3) is 0.250. The molecule has 0 spiro atoms. The lowest BCUT2D eigenvalue weighted by molar-refractivity contribution is -0.116. The van der Waals surface area contributed by atoms with Crippen LogP contribution >= 0.6 is 0 Å². The van der Waals surface area contributed by atoms with Gasteiger partial charge in [0.05, 0.1) is 23.9 Å². The van der Waals surface area contributed by atoms with Crippen molar-refractivity contribution in [3.63, 3.8) is 0 Å². The van der Waals surface area contributed by atoms with Gasteiger partial charge in [-0.05, 0) is 50.6 Å². The smallest absolute Gasteiger partial charge is 0.261 e. The number of halogens is 2. The van der Waals surface area contributed by atoms with Crippen LogP contribution in [0.3, 0.4) is 0 Å². The van der Waals surface area contributed by atoms with E-state index in [1.807, 2.05) is 6.92 Å². The van der Waals surface area contributed by atoms with Crippen molar-refractivity contribution >= 4 is 23.5 Å². The quantitative estimate of drug-likeness (QED) is 0.552. The van der Waals surface area contributed by atoms with Crippen molar-refractivity contribution in [1.29, 1.82) is 0 Å². The van der Waals surface area contributed by atoms with Gasteiger partial charge in [0.25, 0.3) is 11.8 Å². The molecule has 9 heteroatoms. The average Bonchev–Trinajstić information content (AvgIpc) is 3.22. The van der Waals surface area contributed by atoms with Gasteiger partial charge in [0, 0.05) is 24.1 Å².